The van der Waals surface area contributed by atoms with Gasteiger partial charge in [-0.2, -0.15) is 0 Å². The lowest BCUT2D eigenvalue weighted by Crippen LogP contribution is -2.39. The van der Waals surface area contributed by atoms with E-state index in [-0.39, 0.29) is 5.91 Å². The minimum absolute atomic E-state index is 0.138. The first-order valence-electron chi connectivity index (χ1n) is 5.39. The predicted octanol–water partition coefficient (Wildman–Crippen LogP) is 1.45. The van der Waals surface area contributed by atoms with Crippen molar-refractivity contribution in [2.75, 3.05) is 11.9 Å². The van der Waals surface area contributed by atoms with Crippen LogP contribution in [-0.4, -0.2) is 24.0 Å². The third-order valence-corrected chi connectivity index (χ3v) is 2.59. The highest BCUT2D eigenvalue weighted by atomic mass is 16.3. The number of rotatable bonds is 2. The lowest BCUT2D eigenvalue weighted by molar-refractivity contribution is -0.119. The molecule has 0 aliphatic heterocycles. The Morgan fingerprint density at radius 3 is 2.88 bits per heavy atom. The summed E-state index contributed by atoms with van der Waals surface area (Å²) in [5.41, 5.74) is 7.77. The maximum atomic E-state index is 11.7. The van der Waals surface area contributed by atoms with Crippen LogP contribution in [0.15, 0.2) is 22.6 Å². The van der Waals surface area contributed by atoms with Crippen LogP contribution in [0.1, 0.15) is 12.8 Å². The summed E-state index contributed by atoms with van der Waals surface area (Å²) in [4.78, 5) is 17.5. The van der Waals surface area contributed by atoms with Gasteiger partial charge < -0.3 is 15.1 Å². The average Bonchev–Trinajstić information content (AvgIpc) is 2.65. The Hall–Kier alpha value is -1.88. The molecule has 0 aliphatic carbocycles. The van der Waals surface area contributed by atoms with Gasteiger partial charge in [-0.25, -0.2) is 4.98 Å². The summed E-state index contributed by atoms with van der Waals surface area (Å²) in [6.07, 6.45) is 0. The van der Waals surface area contributed by atoms with Gasteiger partial charge in [-0.1, -0.05) is 0 Å². The van der Waals surface area contributed by atoms with Crippen molar-refractivity contribution in [3.63, 3.8) is 0 Å². The fourth-order valence-electron chi connectivity index (χ4n) is 1.67. The van der Waals surface area contributed by atoms with Crippen LogP contribution in [0, 0.1) is 6.92 Å². The highest BCUT2D eigenvalue weighted by Gasteiger charge is 2.16. The van der Waals surface area contributed by atoms with Crippen LogP contribution >= 0.6 is 0 Å². The van der Waals surface area contributed by atoms with Crippen molar-refractivity contribution in [2.24, 2.45) is 5.73 Å². The van der Waals surface area contributed by atoms with Crippen molar-refractivity contribution in [1.82, 2.24) is 4.98 Å². The Balaban J connectivity index is 2.38. The third kappa shape index (κ3) is 2.14. The van der Waals surface area contributed by atoms with E-state index in [4.69, 9.17) is 10.2 Å². The average molecular weight is 233 g/mol. The Bertz CT molecular complexity index is 560. The molecule has 0 spiro atoms. The highest BCUT2D eigenvalue weighted by molar-refractivity contribution is 5.97. The van der Waals surface area contributed by atoms with Crippen LogP contribution in [0.25, 0.3) is 11.1 Å². The topological polar surface area (TPSA) is 72.4 Å². The standard InChI is InChI=1S/C12H15N3O2/c1-7(13)12(16)15(3)9-4-5-10-11(6-9)17-8(2)14-10/h4-7H,13H2,1-3H3. The van der Waals surface area contributed by atoms with Crippen LogP contribution in [-0.2, 0) is 4.79 Å². The third-order valence-electron chi connectivity index (χ3n) is 2.59. The number of fused-ring (bicyclic) bond motifs is 1. The molecule has 5 nitrogen and oxygen atoms in total. The second-order valence-corrected chi connectivity index (χ2v) is 4.07. The van der Waals surface area contributed by atoms with Gasteiger partial charge in [-0.3, -0.25) is 4.79 Å². The van der Waals surface area contributed by atoms with E-state index in [0.29, 0.717) is 11.5 Å². The first-order chi connectivity index (χ1) is 7.99. The molecule has 0 radical (unpaired) electrons. The van der Waals surface area contributed by atoms with Gasteiger partial charge in [0.1, 0.15) is 5.52 Å². The number of benzene rings is 1. The molecule has 5 heteroatoms. The number of oxazole rings is 1. The number of carbonyl (C=O) groups excluding carboxylic acids is 1. The minimum atomic E-state index is -0.521. The van der Waals surface area contributed by atoms with Crippen LogP contribution in [0.2, 0.25) is 0 Å². The molecule has 0 saturated carbocycles. The molecule has 0 saturated heterocycles. The molecule has 2 aromatic rings. The van der Waals surface area contributed by atoms with E-state index in [1.807, 2.05) is 12.1 Å². The number of aryl methyl sites for hydroxylation is 1. The van der Waals surface area contributed by atoms with Crippen molar-refractivity contribution < 1.29 is 9.21 Å². The molecule has 1 atom stereocenters. The normalized spacial score (nSPS) is 12.7. The molecule has 2 N–H and O–H groups in total. The van der Waals surface area contributed by atoms with Crippen LogP contribution in [0.5, 0.6) is 0 Å². The summed E-state index contributed by atoms with van der Waals surface area (Å²) in [7, 11) is 1.69. The van der Waals surface area contributed by atoms with E-state index in [0.717, 1.165) is 11.2 Å². The number of carbonyl (C=O) groups is 1. The molecule has 17 heavy (non-hydrogen) atoms. The molecule has 0 aliphatic rings. The van der Waals surface area contributed by atoms with Gasteiger partial charge in [0.05, 0.1) is 6.04 Å². The minimum Gasteiger partial charge on any atom is -0.441 e. The summed E-state index contributed by atoms with van der Waals surface area (Å²) in [6.45, 7) is 3.45. The van der Waals surface area contributed by atoms with Crippen molar-refractivity contribution in [3.05, 3.63) is 24.1 Å². The molecular weight excluding hydrogens is 218 g/mol. The molecule has 0 bridgehead atoms. The summed E-state index contributed by atoms with van der Waals surface area (Å²) in [6, 6.07) is 4.92. The zero-order valence-corrected chi connectivity index (χ0v) is 10.1. The molecule has 90 valence electrons. The zero-order chi connectivity index (χ0) is 12.6. The number of aromatic nitrogens is 1. The Labute approximate surface area is 99.2 Å². The SMILES string of the molecule is Cc1nc2ccc(N(C)C(=O)C(C)N)cc2o1. The molecular formula is C12H15N3O2. The Morgan fingerprint density at radius 1 is 1.53 bits per heavy atom. The fraction of sp³-hybridized carbons (Fsp3) is 0.333. The first kappa shape index (κ1) is 11.6. The van der Waals surface area contributed by atoms with Gasteiger partial charge in [0.2, 0.25) is 5.91 Å². The molecule has 1 aromatic heterocycles. The maximum Gasteiger partial charge on any atom is 0.243 e. The van der Waals surface area contributed by atoms with Crippen molar-refractivity contribution in [3.8, 4) is 0 Å². The molecule has 1 heterocycles. The van der Waals surface area contributed by atoms with Gasteiger partial charge >= 0.3 is 0 Å². The molecule has 1 unspecified atom stereocenters. The first-order valence-corrected chi connectivity index (χ1v) is 5.39. The number of anilines is 1. The summed E-state index contributed by atoms with van der Waals surface area (Å²) in [5, 5.41) is 0. The van der Waals surface area contributed by atoms with Crippen molar-refractivity contribution in [2.45, 2.75) is 19.9 Å². The largest absolute Gasteiger partial charge is 0.441 e. The molecule has 1 amide bonds. The van der Waals surface area contributed by atoms with Gasteiger partial charge in [-0.15, -0.1) is 0 Å². The van der Waals surface area contributed by atoms with Crippen LogP contribution < -0.4 is 10.6 Å². The highest BCUT2D eigenvalue weighted by Crippen LogP contribution is 2.22. The number of likely N-dealkylation sites (N-methyl/N-ethyl adjacent to an activating group) is 1. The number of nitrogens with two attached hydrogens (primary N) is 1. The van der Waals surface area contributed by atoms with E-state index in [2.05, 4.69) is 4.98 Å². The molecule has 1 aromatic carbocycles. The van der Waals surface area contributed by atoms with Crippen molar-refractivity contribution in [1.29, 1.82) is 0 Å². The summed E-state index contributed by atoms with van der Waals surface area (Å²) in [5.74, 6) is 0.471. The summed E-state index contributed by atoms with van der Waals surface area (Å²) >= 11 is 0. The monoisotopic (exact) mass is 233 g/mol. The van der Waals surface area contributed by atoms with Gasteiger partial charge in [-0.05, 0) is 19.1 Å². The molecule has 2 rings (SSSR count). The quantitative estimate of drug-likeness (QED) is 0.852. The van der Waals surface area contributed by atoms with Crippen LogP contribution in [0.3, 0.4) is 0 Å². The second-order valence-electron chi connectivity index (χ2n) is 4.07. The van der Waals surface area contributed by atoms with Gasteiger partial charge in [0, 0.05) is 25.7 Å². The van der Waals surface area contributed by atoms with E-state index in [1.54, 1.807) is 27.0 Å². The Morgan fingerprint density at radius 2 is 2.24 bits per heavy atom. The molecule has 0 fully saturated rings. The van der Waals surface area contributed by atoms with Crippen molar-refractivity contribution >= 4 is 22.7 Å². The second kappa shape index (κ2) is 4.18. The smallest absolute Gasteiger partial charge is 0.243 e. The maximum absolute atomic E-state index is 11.7. The van der Waals surface area contributed by atoms with Gasteiger partial charge in [0.15, 0.2) is 11.5 Å². The van der Waals surface area contributed by atoms with E-state index < -0.39 is 6.04 Å². The predicted molar refractivity (Wildman–Crippen MR) is 65.8 cm³/mol. The lowest BCUT2D eigenvalue weighted by Gasteiger charge is -2.19. The zero-order valence-electron chi connectivity index (χ0n) is 10.1. The number of amides is 1. The number of hydrogen-bond donors (Lipinski definition) is 1. The lowest BCUT2D eigenvalue weighted by atomic mass is 10.2. The van der Waals surface area contributed by atoms with Gasteiger partial charge in [0.25, 0.3) is 0 Å². The van der Waals surface area contributed by atoms with E-state index in [1.165, 1.54) is 4.90 Å². The number of nitrogens with zero attached hydrogens (tertiary/aromatic N) is 2. The summed E-state index contributed by atoms with van der Waals surface area (Å²) < 4.78 is 5.42. The van der Waals surface area contributed by atoms with E-state index in [9.17, 15) is 4.79 Å². The number of hydrogen-bond acceptors (Lipinski definition) is 4. The Kier molecular flexibility index (Phi) is 2.85. The van der Waals surface area contributed by atoms with Crippen LogP contribution in [0.4, 0.5) is 5.69 Å². The van der Waals surface area contributed by atoms with E-state index >= 15 is 0 Å². The fourth-order valence-corrected chi connectivity index (χ4v) is 1.67.